The van der Waals surface area contributed by atoms with Gasteiger partial charge in [-0.25, -0.2) is 4.98 Å². The summed E-state index contributed by atoms with van der Waals surface area (Å²) in [6.07, 6.45) is -1.71. The monoisotopic (exact) mass is 267 g/mol. The molecule has 0 saturated carbocycles. The molecular weight excluding hydrogens is 259 g/mol. The Hall–Kier alpha value is -0.560. The van der Waals surface area contributed by atoms with Crippen LogP contribution < -0.4 is 0 Å². The lowest BCUT2D eigenvalue weighted by molar-refractivity contribution is -0.137. The minimum absolute atomic E-state index is 0.117. The molecule has 0 radical (unpaired) electrons. The van der Waals surface area contributed by atoms with Crippen molar-refractivity contribution >= 4 is 28.9 Å². The van der Waals surface area contributed by atoms with E-state index in [1.54, 1.807) is 0 Å². The van der Waals surface area contributed by atoms with Crippen LogP contribution in [0.25, 0.3) is 0 Å². The first-order valence-electron chi connectivity index (χ1n) is 4.67. The largest absolute Gasteiger partial charge is 0.443 e. The van der Waals surface area contributed by atoms with Gasteiger partial charge >= 0.3 is 6.18 Å². The summed E-state index contributed by atoms with van der Waals surface area (Å²) in [5.41, 5.74) is 0. The Morgan fingerprint density at radius 2 is 2.25 bits per heavy atom. The molecule has 2 heterocycles. The summed E-state index contributed by atoms with van der Waals surface area (Å²) in [5, 5.41) is -1.12. The van der Waals surface area contributed by atoms with Gasteiger partial charge in [0, 0.05) is 6.20 Å². The maximum absolute atomic E-state index is 12.3. The average molecular weight is 267 g/mol. The molecule has 0 bridgehead atoms. The Balaban J connectivity index is 2.15. The first kappa shape index (κ1) is 11.9. The van der Waals surface area contributed by atoms with Crippen molar-refractivity contribution in [2.75, 3.05) is 5.75 Å². The molecule has 0 aliphatic carbocycles. The van der Waals surface area contributed by atoms with Crippen LogP contribution in [-0.4, -0.2) is 21.8 Å². The molecule has 1 unspecified atom stereocenters. The molecule has 0 aromatic carbocycles. The van der Waals surface area contributed by atoms with Crippen molar-refractivity contribution < 1.29 is 18.0 Å². The van der Waals surface area contributed by atoms with Crippen molar-refractivity contribution in [1.29, 1.82) is 0 Å². The van der Waals surface area contributed by atoms with Crippen LogP contribution >= 0.6 is 23.1 Å². The van der Waals surface area contributed by atoms with E-state index in [0.29, 0.717) is 11.3 Å². The summed E-state index contributed by atoms with van der Waals surface area (Å²) in [7, 11) is 0. The number of carbonyl (C=O) groups excluding carboxylic acids is 1. The van der Waals surface area contributed by atoms with Crippen molar-refractivity contribution in [3.05, 3.63) is 16.1 Å². The number of hydrogen-bond acceptors (Lipinski definition) is 4. The lowest BCUT2D eigenvalue weighted by atomic mass is 10.2. The molecule has 1 atom stereocenters. The third-order valence-electron chi connectivity index (χ3n) is 2.21. The van der Waals surface area contributed by atoms with E-state index in [9.17, 15) is 18.0 Å². The van der Waals surface area contributed by atoms with E-state index < -0.39 is 11.2 Å². The van der Waals surface area contributed by atoms with E-state index in [-0.39, 0.29) is 15.9 Å². The molecule has 1 saturated heterocycles. The van der Waals surface area contributed by atoms with E-state index in [2.05, 4.69) is 4.98 Å². The van der Waals surface area contributed by atoms with E-state index >= 15 is 0 Å². The molecule has 0 amide bonds. The van der Waals surface area contributed by atoms with Gasteiger partial charge in [-0.3, -0.25) is 4.79 Å². The van der Waals surface area contributed by atoms with Crippen LogP contribution in [0.3, 0.4) is 0 Å². The van der Waals surface area contributed by atoms with E-state index in [1.807, 2.05) is 0 Å². The molecule has 1 fully saturated rings. The zero-order chi connectivity index (χ0) is 11.8. The minimum Gasteiger partial charge on any atom is -0.292 e. The highest BCUT2D eigenvalue weighted by Crippen LogP contribution is 2.35. The molecule has 0 N–H and O–H groups in total. The SMILES string of the molecule is O=C(c1cnc(C(F)(F)F)s1)C1CCCS1. The van der Waals surface area contributed by atoms with Crippen LogP contribution in [-0.2, 0) is 6.18 Å². The Kier molecular flexibility index (Phi) is 3.25. The number of Topliss-reactive ketones (excluding diaryl/α,β-unsaturated/α-hetero) is 1. The van der Waals surface area contributed by atoms with Crippen molar-refractivity contribution in [2.24, 2.45) is 0 Å². The lowest BCUT2D eigenvalue weighted by Gasteiger charge is -2.03. The summed E-state index contributed by atoms with van der Waals surface area (Å²) < 4.78 is 36.8. The van der Waals surface area contributed by atoms with E-state index in [1.165, 1.54) is 11.8 Å². The maximum Gasteiger partial charge on any atom is 0.443 e. The van der Waals surface area contributed by atoms with Crippen LogP contribution in [0, 0.1) is 0 Å². The fraction of sp³-hybridized carbons (Fsp3) is 0.556. The highest BCUT2D eigenvalue weighted by atomic mass is 32.2. The molecule has 2 nitrogen and oxygen atoms in total. The number of hydrogen-bond donors (Lipinski definition) is 0. The molecule has 2 rings (SSSR count). The van der Waals surface area contributed by atoms with Gasteiger partial charge in [0.05, 0.1) is 10.1 Å². The number of thiazole rings is 1. The van der Waals surface area contributed by atoms with Crippen LogP contribution in [0.1, 0.15) is 27.5 Å². The highest BCUT2D eigenvalue weighted by molar-refractivity contribution is 8.00. The molecule has 1 aliphatic rings. The van der Waals surface area contributed by atoms with Crippen molar-refractivity contribution in [1.82, 2.24) is 4.98 Å². The van der Waals surface area contributed by atoms with Crippen molar-refractivity contribution in [3.8, 4) is 0 Å². The number of ketones is 1. The Morgan fingerprint density at radius 3 is 2.75 bits per heavy atom. The van der Waals surface area contributed by atoms with Crippen LogP contribution in [0.15, 0.2) is 6.20 Å². The third kappa shape index (κ3) is 2.40. The van der Waals surface area contributed by atoms with Gasteiger partial charge in [-0.15, -0.1) is 11.3 Å². The highest BCUT2D eigenvalue weighted by Gasteiger charge is 2.36. The van der Waals surface area contributed by atoms with Gasteiger partial charge in [0.15, 0.2) is 10.8 Å². The number of thioether (sulfide) groups is 1. The second-order valence-electron chi connectivity index (χ2n) is 3.39. The van der Waals surface area contributed by atoms with Gasteiger partial charge in [-0.1, -0.05) is 0 Å². The Morgan fingerprint density at radius 1 is 1.50 bits per heavy atom. The number of nitrogens with zero attached hydrogens (tertiary/aromatic N) is 1. The fourth-order valence-electron chi connectivity index (χ4n) is 1.46. The van der Waals surface area contributed by atoms with E-state index in [4.69, 9.17) is 0 Å². The second kappa shape index (κ2) is 4.37. The number of carbonyl (C=O) groups is 1. The molecule has 16 heavy (non-hydrogen) atoms. The zero-order valence-corrected chi connectivity index (χ0v) is 9.71. The van der Waals surface area contributed by atoms with Crippen LogP contribution in [0.4, 0.5) is 13.2 Å². The topological polar surface area (TPSA) is 30.0 Å². The first-order chi connectivity index (χ1) is 7.48. The number of aromatic nitrogens is 1. The van der Waals surface area contributed by atoms with Crippen LogP contribution in [0.5, 0.6) is 0 Å². The Bertz CT molecular complexity index is 396. The number of rotatable bonds is 2. The molecular formula is C9H8F3NOS2. The van der Waals surface area contributed by atoms with Crippen LogP contribution in [0.2, 0.25) is 0 Å². The predicted molar refractivity (Wildman–Crippen MR) is 56.9 cm³/mol. The summed E-state index contributed by atoms with van der Waals surface area (Å²) in [4.78, 5) is 15.1. The van der Waals surface area contributed by atoms with Gasteiger partial charge in [0.1, 0.15) is 0 Å². The summed E-state index contributed by atoms with van der Waals surface area (Å²) in [5.74, 6) is 0.692. The smallest absolute Gasteiger partial charge is 0.292 e. The lowest BCUT2D eigenvalue weighted by Crippen LogP contribution is -2.12. The quantitative estimate of drug-likeness (QED) is 0.770. The zero-order valence-electron chi connectivity index (χ0n) is 8.08. The minimum atomic E-state index is -4.45. The first-order valence-corrected chi connectivity index (χ1v) is 6.54. The average Bonchev–Trinajstić information content (AvgIpc) is 2.87. The fourth-order valence-corrected chi connectivity index (χ4v) is 3.54. The van der Waals surface area contributed by atoms with Gasteiger partial charge in [-0.2, -0.15) is 24.9 Å². The molecule has 1 aromatic heterocycles. The van der Waals surface area contributed by atoms with Crippen molar-refractivity contribution in [3.63, 3.8) is 0 Å². The third-order valence-corrected chi connectivity index (χ3v) is 4.65. The predicted octanol–water partition coefficient (Wildman–Crippen LogP) is 3.24. The number of halogens is 3. The normalized spacial score (nSPS) is 21.3. The standard InChI is InChI=1S/C9H8F3NOS2/c10-9(11,12)8-13-4-6(16-8)7(14)5-2-1-3-15-5/h4-5H,1-3H2. The molecule has 7 heteroatoms. The van der Waals surface area contributed by atoms with Gasteiger partial charge in [-0.05, 0) is 18.6 Å². The maximum atomic E-state index is 12.3. The molecule has 1 aromatic rings. The molecule has 0 spiro atoms. The van der Waals surface area contributed by atoms with Gasteiger partial charge in [0.25, 0.3) is 0 Å². The second-order valence-corrected chi connectivity index (χ2v) is 5.73. The summed E-state index contributed by atoms with van der Waals surface area (Å²) >= 11 is 1.95. The van der Waals surface area contributed by atoms with E-state index in [0.717, 1.165) is 24.8 Å². The van der Waals surface area contributed by atoms with Crippen molar-refractivity contribution in [2.45, 2.75) is 24.3 Å². The molecule has 88 valence electrons. The van der Waals surface area contributed by atoms with Gasteiger partial charge in [0.2, 0.25) is 0 Å². The summed E-state index contributed by atoms with van der Waals surface area (Å²) in [6.45, 7) is 0. The number of alkyl halides is 3. The molecule has 1 aliphatic heterocycles. The Labute approximate surface area is 98.3 Å². The summed E-state index contributed by atoms with van der Waals surface area (Å²) in [6, 6.07) is 0. The van der Waals surface area contributed by atoms with Gasteiger partial charge < -0.3 is 0 Å².